The summed E-state index contributed by atoms with van der Waals surface area (Å²) in [7, 11) is 1.81. The van der Waals surface area contributed by atoms with E-state index in [9.17, 15) is 4.79 Å². The molecule has 21 heavy (non-hydrogen) atoms. The molecule has 2 aliphatic heterocycles. The number of hydrogen-bond acceptors (Lipinski definition) is 3. The number of piperidine rings is 1. The second kappa shape index (κ2) is 5.29. The van der Waals surface area contributed by atoms with E-state index in [0.29, 0.717) is 5.41 Å². The maximum absolute atomic E-state index is 12.0. The molecule has 1 aromatic rings. The molecule has 1 amide bonds. The topological polar surface area (TPSA) is 44.4 Å². The van der Waals surface area contributed by atoms with Crippen molar-refractivity contribution in [2.24, 2.45) is 5.41 Å². The molecule has 2 heterocycles. The van der Waals surface area contributed by atoms with Crippen LogP contribution in [0, 0.1) is 5.41 Å². The van der Waals surface area contributed by atoms with Crippen molar-refractivity contribution in [3.8, 4) is 0 Å². The molecule has 1 saturated heterocycles. The maximum Gasteiger partial charge on any atom is 0.246 e. The highest BCUT2D eigenvalue weighted by Gasteiger charge is 2.32. The van der Waals surface area contributed by atoms with Crippen LogP contribution in [0.15, 0.2) is 16.6 Å². The van der Waals surface area contributed by atoms with Crippen LogP contribution >= 0.6 is 15.9 Å². The Morgan fingerprint density at radius 3 is 2.86 bits per heavy atom. The minimum absolute atomic E-state index is 0.0236. The first kappa shape index (κ1) is 14.9. The second-order valence-corrected chi connectivity index (χ2v) is 7.65. The Morgan fingerprint density at radius 2 is 2.19 bits per heavy atom. The van der Waals surface area contributed by atoms with Gasteiger partial charge in [-0.05, 0) is 53.4 Å². The van der Waals surface area contributed by atoms with Crippen LogP contribution in [0.3, 0.4) is 0 Å². The van der Waals surface area contributed by atoms with E-state index < -0.39 is 0 Å². The molecule has 0 bridgehead atoms. The van der Waals surface area contributed by atoms with E-state index in [1.807, 2.05) is 7.05 Å². The Hall–Kier alpha value is -1.07. The van der Waals surface area contributed by atoms with Gasteiger partial charge in [0.05, 0.1) is 5.69 Å². The zero-order valence-electron chi connectivity index (χ0n) is 12.8. The summed E-state index contributed by atoms with van der Waals surface area (Å²) in [6.07, 6.45) is 2.48. The molecular formula is C16H22BrN3O. The van der Waals surface area contributed by atoms with Gasteiger partial charge in [-0.2, -0.15) is 0 Å². The lowest BCUT2D eigenvalue weighted by Crippen LogP contribution is -2.40. The van der Waals surface area contributed by atoms with E-state index in [2.05, 4.69) is 57.4 Å². The molecule has 1 atom stereocenters. The molecule has 1 unspecified atom stereocenters. The number of nitrogens with one attached hydrogen (secondary N) is 2. The van der Waals surface area contributed by atoms with Crippen molar-refractivity contribution in [3.05, 3.63) is 22.2 Å². The van der Waals surface area contributed by atoms with E-state index in [0.717, 1.165) is 28.8 Å². The average Bonchev–Trinajstić information content (AvgIpc) is 2.71. The fourth-order valence-electron chi connectivity index (χ4n) is 3.43. The summed E-state index contributed by atoms with van der Waals surface area (Å²) in [5.74, 6) is 0.0236. The Kier molecular flexibility index (Phi) is 3.74. The lowest BCUT2D eigenvalue weighted by Gasteiger charge is -2.40. The van der Waals surface area contributed by atoms with E-state index in [1.165, 1.54) is 18.5 Å². The van der Waals surface area contributed by atoms with E-state index in [-0.39, 0.29) is 11.9 Å². The molecule has 0 saturated carbocycles. The second-order valence-electron chi connectivity index (χ2n) is 6.79. The Morgan fingerprint density at radius 1 is 1.43 bits per heavy atom. The molecule has 3 rings (SSSR count). The van der Waals surface area contributed by atoms with Crippen LogP contribution in [0.1, 0.15) is 38.3 Å². The molecule has 0 aromatic heterocycles. The normalized spacial score (nSPS) is 23.9. The first-order valence-corrected chi connectivity index (χ1v) is 8.27. The summed E-state index contributed by atoms with van der Waals surface area (Å²) >= 11 is 3.69. The first-order valence-electron chi connectivity index (χ1n) is 7.48. The van der Waals surface area contributed by atoms with Crippen LogP contribution in [0.25, 0.3) is 0 Å². The van der Waals surface area contributed by atoms with Crippen molar-refractivity contribution in [2.75, 3.05) is 30.4 Å². The molecule has 0 aliphatic carbocycles. The summed E-state index contributed by atoms with van der Waals surface area (Å²) in [6.45, 7) is 6.76. The van der Waals surface area contributed by atoms with Gasteiger partial charge in [0.2, 0.25) is 5.91 Å². The Labute approximate surface area is 134 Å². The van der Waals surface area contributed by atoms with Gasteiger partial charge < -0.3 is 15.5 Å². The third-order valence-corrected chi connectivity index (χ3v) is 5.12. The van der Waals surface area contributed by atoms with Crippen LogP contribution in [-0.2, 0) is 4.79 Å². The summed E-state index contributed by atoms with van der Waals surface area (Å²) in [6, 6.07) is 3.93. The zero-order valence-corrected chi connectivity index (χ0v) is 14.4. The number of likely N-dealkylation sites (N-methyl/N-ethyl adjacent to an activating group) is 1. The number of rotatable bonds is 2. The third kappa shape index (κ3) is 2.69. The van der Waals surface area contributed by atoms with Gasteiger partial charge in [-0.3, -0.25) is 4.79 Å². The van der Waals surface area contributed by atoms with Crippen molar-refractivity contribution in [2.45, 2.75) is 32.7 Å². The summed E-state index contributed by atoms with van der Waals surface area (Å²) in [5.41, 5.74) is 3.47. The predicted molar refractivity (Wildman–Crippen MR) is 89.8 cm³/mol. The van der Waals surface area contributed by atoms with Crippen LogP contribution in [0.4, 0.5) is 11.4 Å². The van der Waals surface area contributed by atoms with Gasteiger partial charge in [0.25, 0.3) is 0 Å². The molecule has 5 heteroatoms. The highest BCUT2D eigenvalue weighted by Crippen LogP contribution is 2.41. The molecule has 2 aliphatic rings. The number of carbonyl (C=O) groups excluding carboxylic acids is 1. The smallest absolute Gasteiger partial charge is 0.246 e. The minimum atomic E-state index is -0.247. The zero-order chi connectivity index (χ0) is 15.2. The van der Waals surface area contributed by atoms with Gasteiger partial charge in [-0.15, -0.1) is 0 Å². The number of anilines is 2. The monoisotopic (exact) mass is 351 g/mol. The third-order valence-electron chi connectivity index (χ3n) is 4.48. The van der Waals surface area contributed by atoms with Crippen molar-refractivity contribution in [1.29, 1.82) is 0 Å². The number of hydrogen-bond donors (Lipinski definition) is 2. The van der Waals surface area contributed by atoms with E-state index in [4.69, 9.17) is 0 Å². The molecule has 1 aromatic carbocycles. The number of carbonyl (C=O) groups is 1. The molecule has 4 nitrogen and oxygen atoms in total. The molecule has 2 N–H and O–H groups in total. The summed E-state index contributed by atoms with van der Waals surface area (Å²) < 4.78 is 1.07. The average molecular weight is 352 g/mol. The van der Waals surface area contributed by atoms with Crippen LogP contribution in [0.5, 0.6) is 0 Å². The number of halogens is 1. The number of fused-ring (bicyclic) bond motifs is 1. The highest BCUT2D eigenvalue weighted by atomic mass is 79.9. The molecular weight excluding hydrogens is 330 g/mol. The first-order chi connectivity index (χ1) is 9.91. The minimum Gasteiger partial charge on any atom is -0.370 e. The number of nitrogens with zero attached hydrogens (tertiary/aromatic N) is 1. The predicted octanol–water partition coefficient (Wildman–Crippen LogP) is 3.29. The largest absolute Gasteiger partial charge is 0.370 e. The Balaban J connectivity index is 1.95. The van der Waals surface area contributed by atoms with Gasteiger partial charge in [0.1, 0.15) is 6.04 Å². The van der Waals surface area contributed by atoms with Crippen molar-refractivity contribution in [3.63, 3.8) is 0 Å². The molecule has 0 spiro atoms. The van der Waals surface area contributed by atoms with E-state index >= 15 is 0 Å². The molecule has 114 valence electrons. The summed E-state index contributed by atoms with van der Waals surface area (Å²) in [4.78, 5) is 14.4. The molecule has 0 radical (unpaired) electrons. The fourth-order valence-corrected chi connectivity index (χ4v) is 4.04. The molecule has 1 fully saturated rings. The van der Waals surface area contributed by atoms with E-state index in [1.54, 1.807) is 0 Å². The van der Waals surface area contributed by atoms with Crippen molar-refractivity contribution >= 4 is 33.2 Å². The highest BCUT2D eigenvalue weighted by molar-refractivity contribution is 9.10. The van der Waals surface area contributed by atoms with Crippen molar-refractivity contribution in [1.82, 2.24) is 5.32 Å². The van der Waals surface area contributed by atoms with Gasteiger partial charge in [0.15, 0.2) is 0 Å². The van der Waals surface area contributed by atoms with Gasteiger partial charge >= 0.3 is 0 Å². The summed E-state index contributed by atoms with van der Waals surface area (Å²) in [5, 5.41) is 6.04. The SMILES string of the molecule is CNC1C(=O)Nc2cc(N3CCCC(C)(C)C3)c(Br)cc21. The standard InChI is InChI=1S/C16H22BrN3O/c1-16(2)5-4-6-20(9-16)13-8-12-10(7-11(13)17)14(18-3)15(21)19-12/h7-8,14,18H,4-6,9H2,1-3H3,(H,19,21). The van der Waals surface area contributed by atoms with Gasteiger partial charge in [-0.25, -0.2) is 0 Å². The van der Waals surface area contributed by atoms with Crippen LogP contribution < -0.4 is 15.5 Å². The quantitative estimate of drug-likeness (QED) is 0.859. The number of benzene rings is 1. The van der Waals surface area contributed by atoms with Crippen molar-refractivity contribution < 1.29 is 4.79 Å². The number of amides is 1. The van der Waals surface area contributed by atoms with Gasteiger partial charge in [0, 0.05) is 28.8 Å². The lowest BCUT2D eigenvalue weighted by molar-refractivity contribution is -0.117. The maximum atomic E-state index is 12.0. The van der Waals surface area contributed by atoms with Crippen LogP contribution in [0.2, 0.25) is 0 Å². The lowest BCUT2D eigenvalue weighted by atomic mass is 9.84. The Bertz CT molecular complexity index is 585. The van der Waals surface area contributed by atoms with Gasteiger partial charge in [-0.1, -0.05) is 13.8 Å². The fraction of sp³-hybridized carbons (Fsp3) is 0.562. The van der Waals surface area contributed by atoms with Crippen LogP contribution in [-0.4, -0.2) is 26.0 Å².